The van der Waals surface area contributed by atoms with Gasteiger partial charge in [0.15, 0.2) is 0 Å². The quantitative estimate of drug-likeness (QED) is 0.679. The van der Waals surface area contributed by atoms with Gasteiger partial charge in [-0.25, -0.2) is 0 Å². The van der Waals surface area contributed by atoms with Crippen LogP contribution in [0.5, 0.6) is 0 Å². The molecule has 0 aliphatic carbocycles. The summed E-state index contributed by atoms with van der Waals surface area (Å²) in [5, 5.41) is 6.33. The minimum Gasteiger partial charge on any atom is -0.356 e. The van der Waals surface area contributed by atoms with E-state index in [0.717, 1.165) is 31.8 Å². The predicted octanol–water partition coefficient (Wildman–Crippen LogP) is 1.54. The molecule has 0 saturated carbocycles. The summed E-state index contributed by atoms with van der Waals surface area (Å²) in [5.74, 6) is 1.15. The second-order valence-electron chi connectivity index (χ2n) is 4.97. The summed E-state index contributed by atoms with van der Waals surface area (Å²) in [6.45, 7) is 8.33. The van der Waals surface area contributed by atoms with Gasteiger partial charge in [0.1, 0.15) is 0 Å². The van der Waals surface area contributed by atoms with E-state index in [2.05, 4.69) is 31.4 Å². The van der Waals surface area contributed by atoms with Gasteiger partial charge in [0.2, 0.25) is 5.91 Å². The average molecular weight is 212 g/mol. The van der Waals surface area contributed by atoms with Crippen LogP contribution >= 0.6 is 0 Å². The summed E-state index contributed by atoms with van der Waals surface area (Å²) >= 11 is 0. The number of hydrogen-bond acceptors (Lipinski definition) is 2. The normalized spacial score (nSPS) is 25.9. The van der Waals surface area contributed by atoms with Crippen molar-refractivity contribution in [2.45, 2.75) is 46.1 Å². The summed E-state index contributed by atoms with van der Waals surface area (Å²) in [6.07, 6.45) is 3.27. The first-order valence-electron chi connectivity index (χ1n) is 6.12. The Labute approximate surface area is 93.0 Å². The van der Waals surface area contributed by atoms with Gasteiger partial charge in [-0.1, -0.05) is 13.8 Å². The molecule has 2 unspecified atom stereocenters. The molecule has 1 saturated heterocycles. The Morgan fingerprint density at radius 3 is 2.80 bits per heavy atom. The van der Waals surface area contributed by atoms with Gasteiger partial charge in [0, 0.05) is 12.6 Å². The lowest BCUT2D eigenvalue weighted by Gasteiger charge is -2.15. The zero-order chi connectivity index (χ0) is 11.3. The predicted molar refractivity (Wildman–Crippen MR) is 62.7 cm³/mol. The third-order valence-corrected chi connectivity index (χ3v) is 3.12. The van der Waals surface area contributed by atoms with Gasteiger partial charge in [0.05, 0.1) is 5.92 Å². The van der Waals surface area contributed by atoms with Crippen LogP contribution < -0.4 is 10.6 Å². The van der Waals surface area contributed by atoms with Crippen molar-refractivity contribution in [3.8, 4) is 0 Å². The van der Waals surface area contributed by atoms with E-state index in [0.29, 0.717) is 6.04 Å². The lowest BCUT2D eigenvalue weighted by Crippen LogP contribution is -2.37. The molecular weight excluding hydrogens is 188 g/mol. The molecule has 0 bridgehead atoms. The monoisotopic (exact) mass is 212 g/mol. The van der Waals surface area contributed by atoms with Crippen LogP contribution in [0.4, 0.5) is 0 Å². The van der Waals surface area contributed by atoms with Gasteiger partial charge in [-0.15, -0.1) is 0 Å². The van der Waals surface area contributed by atoms with E-state index in [1.165, 1.54) is 6.42 Å². The van der Waals surface area contributed by atoms with Crippen molar-refractivity contribution < 1.29 is 4.79 Å². The molecule has 0 radical (unpaired) electrons. The lowest BCUT2D eigenvalue weighted by atomic mass is 10.0. The smallest absolute Gasteiger partial charge is 0.224 e. The summed E-state index contributed by atoms with van der Waals surface area (Å²) in [5.41, 5.74) is 0. The molecule has 0 spiro atoms. The molecule has 1 amide bonds. The zero-order valence-electron chi connectivity index (χ0n) is 10.2. The van der Waals surface area contributed by atoms with E-state index in [4.69, 9.17) is 0 Å². The molecule has 3 heteroatoms. The molecule has 1 rings (SSSR count). The maximum Gasteiger partial charge on any atom is 0.224 e. The number of carbonyl (C=O) groups is 1. The van der Waals surface area contributed by atoms with Crippen LogP contribution in [0.1, 0.15) is 40.0 Å². The van der Waals surface area contributed by atoms with Crippen molar-refractivity contribution in [1.82, 2.24) is 10.6 Å². The molecule has 15 heavy (non-hydrogen) atoms. The topological polar surface area (TPSA) is 41.1 Å². The highest BCUT2D eigenvalue weighted by molar-refractivity contribution is 5.79. The van der Waals surface area contributed by atoms with Crippen LogP contribution in [0, 0.1) is 11.8 Å². The van der Waals surface area contributed by atoms with Crippen LogP contribution in [-0.2, 0) is 4.79 Å². The second kappa shape index (κ2) is 6.11. The van der Waals surface area contributed by atoms with Crippen molar-refractivity contribution in [2.24, 2.45) is 11.8 Å². The average Bonchev–Trinajstić information content (AvgIpc) is 2.58. The summed E-state index contributed by atoms with van der Waals surface area (Å²) in [7, 11) is 0. The highest BCUT2D eigenvalue weighted by atomic mass is 16.1. The van der Waals surface area contributed by atoms with E-state index in [1.807, 2.05) is 0 Å². The lowest BCUT2D eigenvalue weighted by molar-refractivity contribution is -0.125. The standard InChI is InChI=1S/C12H24N2O/c1-9(2)5-4-7-14-12(15)11-6-8-13-10(11)3/h9-11,13H,4-8H2,1-3H3,(H,14,15). The summed E-state index contributed by atoms with van der Waals surface area (Å²) in [4.78, 5) is 11.7. The third-order valence-electron chi connectivity index (χ3n) is 3.12. The first-order valence-corrected chi connectivity index (χ1v) is 6.12. The van der Waals surface area contributed by atoms with Gasteiger partial charge < -0.3 is 10.6 Å². The van der Waals surface area contributed by atoms with Crippen LogP contribution in [0.15, 0.2) is 0 Å². The van der Waals surface area contributed by atoms with E-state index in [9.17, 15) is 4.79 Å². The molecule has 1 heterocycles. The van der Waals surface area contributed by atoms with E-state index in [1.54, 1.807) is 0 Å². The van der Waals surface area contributed by atoms with Gasteiger partial charge in [-0.05, 0) is 38.6 Å². The Balaban J connectivity index is 2.13. The molecular formula is C12H24N2O. The Hall–Kier alpha value is -0.570. The highest BCUT2D eigenvalue weighted by Gasteiger charge is 2.28. The van der Waals surface area contributed by atoms with Crippen molar-refractivity contribution in [3.63, 3.8) is 0 Å². The van der Waals surface area contributed by atoms with Crippen LogP contribution in [0.2, 0.25) is 0 Å². The second-order valence-corrected chi connectivity index (χ2v) is 4.97. The van der Waals surface area contributed by atoms with E-state index >= 15 is 0 Å². The van der Waals surface area contributed by atoms with E-state index in [-0.39, 0.29) is 11.8 Å². The number of nitrogens with one attached hydrogen (secondary N) is 2. The van der Waals surface area contributed by atoms with Gasteiger partial charge in [0.25, 0.3) is 0 Å². The summed E-state index contributed by atoms with van der Waals surface area (Å²) < 4.78 is 0. The number of hydrogen-bond donors (Lipinski definition) is 2. The molecule has 3 nitrogen and oxygen atoms in total. The molecule has 2 atom stereocenters. The first-order chi connectivity index (χ1) is 7.11. The molecule has 0 aromatic heterocycles. The van der Waals surface area contributed by atoms with Crippen molar-refractivity contribution in [1.29, 1.82) is 0 Å². The SMILES string of the molecule is CC(C)CCCNC(=O)C1CCNC1C. The fourth-order valence-electron chi connectivity index (χ4n) is 2.07. The number of rotatable bonds is 5. The molecule has 0 aromatic rings. The van der Waals surface area contributed by atoms with Crippen molar-refractivity contribution in [3.05, 3.63) is 0 Å². The molecule has 0 aromatic carbocycles. The Morgan fingerprint density at radius 2 is 2.27 bits per heavy atom. The Morgan fingerprint density at radius 1 is 1.53 bits per heavy atom. The van der Waals surface area contributed by atoms with Crippen LogP contribution in [-0.4, -0.2) is 25.0 Å². The molecule has 1 aliphatic heterocycles. The molecule has 1 aliphatic rings. The number of carbonyl (C=O) groups excluding carboxylic acids is 1. The molecule has 1 fully saturated rings. The zero-order valence-corrected chi connectivity index (χ0v) is 10.2. The minimum atomic E-state index is 0.184. The van der Waals surface area contributed by atoms with Crippen LogP contribution in [0.25, 0.3) is 0 Å². The van der Waals surface area contributed by atoms with Gasteiger partial charge in [-0.3, -0.25) is 4.79 Å². The fraction of sp³-hybridized carbons (Fsp3) is 0.917. The number of amides is 1. The first kappa shape index (κ1) is 12.5. The van der Waals surface area contributed by atoms with Crippen molar-refractivity contribution >= 4 is 5.91 Å². The van der Waals surface area contributed by atoms with Crippen molar-refractivity contribution in [2.75, 3.05) is 13.1 Å². The summed E-state index contributed by atoms with van der Waals surface area (Å²) in [6, 6.07) is 0.343. The third kappa shape index (κ3) is 4.20. The van der Waals surface area contributed by atoms with Gasteiger partial charge in [-0.2, -0.15) is 0 Å². The highest BCUT2D eigenvalue weighted by Crippen LogP contribution is 2.14. The Kier molecular flexibility index (Phi) is 5.09. The molecule has 88 valence electrons. The van der Waals surface area contributed by atoms with Gasteiger partial charge >= 0.3 is 0 Å². The van der Waals surface area contributed by atoms with Crippen LogP contribution in [0.3, 0.4) is 0 Å². The minimum absolute atomic E-state index is 0.184. The maximum atomic E-state index is 11.7. The largest absolute Gasteiger partial charge is 0.356 e. The Bertz CT molecular complexity index is 204. The molecule has 2 N–H and O–H groups in total. The maximum absolute atomic E-state index is 11.7. The van der Waals surface area contributed by atoms with E-state index < -0.39 is 0 Å². The fourth-order valence-corrected chi connectivity index (χ4v) is 2.07.